The van der Waals surface area contributed by atoms with Crippen molar-refractivity contribution >= 4 is 0 Å². The molecule has 1 rings (SSSR count). The third-order valence-corrected chi connectivity index (χ3v) is 2.50. The van der Waals surface area contributed by atoms with Crippen molar-refractivity contribution in [1.29, 1.82) is 0 Å². The van der Waals surface area contributed by atoms with Gasteiger partial charge in [-0.2, -0.15) is 0 Å². The molecule has 2 nitrogen and oxygen atoms in total. The summed E-state index contributed by atoms with van der Waals surface area (Å²) in [7, 11) is 0. The van der Waals surface area contributed by atoms with Gasteiger partial charge in [0.15, 0.2) is 0 Å². The van der Waals surface area contributed by atoms with E-state index in [0.29, 0.717) is 0 Å². The maximum atomic E-state index is 5.74. The van der Waals surface area contributed by atoms with Gasteiger partial charge in [0.25, 0.3) is 0 Å². The molecule has 0 saturated carbocycles. The van der Waals surface area contributed by atoms with Gasteiger partial charge in [-0.3, -0.25) is 0 Å². The predicted molar refractivity (Wildman–Crippen MR) is 68.8 cm³/mol. The normalized spacial score (nSPS) is 12.4. The minimum absolute atomic E-state index is 0.219. The second-order valence-electron chi connectivity index (χ2n) is 4.38. The summed E-state index contributed by atoms with van der Waals surface area (Å²) in [6.07, 6.45) is 4.54. The monoisotopic (exact) mass is 221 g/mol. The number of hydrogen-bond donors (Lipinski definition) is 1. The van der Waals surface area contributed by atoms with Crippen LogP contribution in [-0.4, -0.2) is 12.6 Å². The van der Waals surface area contributed by atoms with Gasteiger partial charge < -0.3 is 10.5 Å². The number of hydrogen-bond acceptors (Lipinski definition) is 2. The van der Waals surface area contributed by atoms with Gasteiger partial charge in [-0.05, 0) is 37.5 Å². The fourth-order valence-electron chi connectivity index (χ4n) is 1.64. The summed E-state index contributed by atoms with van der Waals surface area (Å²) in [5.41, 5.74) is 7.02. The lowest BCUT2D eigenvalue weighted by Gasteiger charge is -2.08. The molecule has 0 spiro atoms. The Morgan fingerprint density at radius 1 is 1.19 bits per heavy atom. The molecular weight excluding hydrogens is 198 g/mol. The first-order valence-electron chi connectivity index (χ1n) is 6.19. The number of benzene rings is 1. The van der Waals surface area contributed by atoms with E-state index in [1.165, 1.54) is 18.4 Å². The van der Waals surface area contributed by atoms with Crippen LogP contribution in [0.5, 0.6) is 5.75 Å². The van der Waals surface area contributed by atoms with Crippen molar-refractivity contribution in [2.45, 2.75) is 45.6 Å². The zero-order valence-electron chi connectivity index (χ0n) is 10.4. The fraction of sp³-hybridized carbons (Fsp3) is 0.571. The molecule has 1 aromatic rings. The van der Waals surface area contributed by atoms with E-state index in [2.05, 4.69) is 19.1 Å². The number of ether oxygens (including phenoxy) is 1. The van der Waals surface area contributed by atoms with Gasteiger partial charge in [0, 0.05) is 6.04 Å². The molecule has 2 heteroatoms. The Kier molecular flexibility index (Phi) is 5.94. The van der Waals surface area contributed by atoms with Crippen molar-refractivity contribution in [1.82, 2.24) is 0 Å². The largest absolute Gasteiger partial charge is 0.494 e. The van der Waals surface area contributed by atoms with E-state index < -0.39 is 0 Å². The molecule has 0 saturated heterocycles. The Bertz CT molecular complexity index is 279. The smallest absolute Gasteiger partial charge is 0.119 e. The van der Waals surface area contributed by atoms with E-state index in [1.807, 2.05) is 19.1 Å². The molecule has 16 heavy (non-hydrogen) atoms. The molecule has 2 N–H and O–H groups in total. The third kappa shape index (κ3) is 5.17. The van der Waals surface area contributed by atoms with Crippen LogP contribution in [-0.2, 0) is 6.42 Å². The molecule has 90 valence electrons. The molecule has 1 atom stereocenters. The van der Waals surface area contributed by atoms with Gasteiger partial charge in [0.1, 0.15) is 5.75 Å². The maximum Gasteiger partial charge on any atom is 0.119 e. The Hall–Kier alpha value is -1.02. The van der Waals surface area contributed by atoms with E-state index >= 15 is 0 Å². The summed E-state index contributed by atoms with van der Waals surface area (Å²) in [5, 5.41) is 0. The highest BCUT2D eigenvalue weighted by Gasteiger charge is 1.98. The third-order valence-electron chi connectivity index (χ3n) is 2.50. The van der Waals surface area contributed by atoms with Crippen LogP contribution in [0.3, 0.4) is 0 Å². The second-order valence-corrected chi connectivity index (χ2v) is 4.38. The summed E-state index contributed by atoms with van der Waals surface area (Å²) >= 11 is 0. The van der Waals surface area contributed by atoms with Crippen LogP contribution >= 0.6 is 0 Å². The van der Waals surface area contributed by atoms with Gasteiger partial charge in [-0.1, -0.05) is 31.9 Å². The highest BCUT2D eigenvalue weighted by molar-refractivity contribution is 5.27. The van der Waals surface area contributed by atoms with Gasteiger partial charge in [-0.25, -0.2) is 0 Å². The Balaban J connectivity index is 2.33. The molecule has 0 aliphatic rings. The first-order chi connectivity index (χ1) is 7.72. The van der Waals surface area contributed by atoms with Crippen molar-refractivity contribution < 1.29 is 4.74 Å². The van der Waals surface area contributed by atoms with E-state index in [4.69, 9.17) is 10.5 Å². The first-order valence-corrected chi connectivity index (χ1v) is 6.19. The van der Waals surface area contributed by atoms with Gasteiger partial charge in [-0.15, -0.1) is 0 Å². The minimum atomic E-state index is 0.219. The van der Waals surface area contributed by atoms with Crippen molar-refractivity contribution in [2.24, 2.45) is 5.73 Å². The number of unbranched alkanes of at least 4 members (excludes halogenated alkanes) is 2. The van der Waals surface area contributed by atoms with E-state index in [1.54, 1.807) is 0 Å². The molecule has 0 aliphatic carbocycles. The van der Waals surface area contributed by atoms with Gasteiger partial charge >= 0.3 is 0 Å². The van der Waals surface area contributed by atoms with Crippen LogP contribution in [0, 0.1) is 0 Å². The molecule has 0 aliphatic heterocycles. The molecular formula is C14H23NO. The Labute approximate surface area is 98.8 Å². The quantitative estimate of drug-likeness (QED) is 0.718. The molecule has 1 unspecified atom stereocenters. The topological polar surface area (TPSA) is 35.2 Å². The summed E-state index contributed by atoms with van der Waals surface area (Å²) < 4.78 is 5.64. The van der Waals surface area contributed by atoms with E-state index in [0.717, 1.165) is 25.2 Å². The lowest BCUT2D eigenvalue weighted by atomic mass is 10.1. The molecule has 0 heterocycles. The van der Waals surface area contributed by atoms with Crippen molar-refractivity contribution in [2.75, 3.05) is 6.61 Å². The zero-order chi connectivity index (χ0) is 11.8. The Morgan fingerprint density at radius 2 is 1.88 bits per heavy atom. The fourth-order valence-corrected chi connectivity index (χ4v) is 1.64. The average Bonchev–Trinajstić information content (AvgIpc) is 2.26. The predicted octanol–water partition coefficient (Wildman–Crippen LogP) is 3.15. The maximum absolute atomic E-state index is 5.74. The molecule has 0 bridgehead atoms. The standard InChI is InChI=1S/C14H23NO/c1-3-4-5-10-16-14-8-6-13(7-9-14)11-12(2)15/h6-9,12H,3-5,10-11,15H2,1-2H3. The summed E-state index contributed by atoms with van der Waals surface area (Å²) in [6, 6.07) is 8.47. The lowest BCUT2D eigenvalue weighted by Crippen LogP contribution is -2.17. The molecule has 0 aromatic heterocycles. The lowest BCUT2D eigenvalue weighted by molar-refractivity contribution is 0.306. The molecule has 0 amide bonds. The van der Waals surface area contributed by atoms with Crippen LogP contribution in [0.2, 0.25) is 0 Å². The Morgan fingerprint density at radius 3 is 2.44 bits per heavy atom. The average molecular weight is 221 g/mol. The van der Waals surface area contributed by atoms with Crippen LogP contribution in [0.15, 0.2) is 24.3 Å². The van der Waals surface area contributed by atoms with Crippen LogP contribution < -0.4 is 10.5 Å². The minimum Gasteiger partial charge on any atom is -0.494 e. The number of nitrogens with two attached hydrogens (primary N) is 1. The summed E-state index contributed by atoms with van der Waals surface area (Å²) in [4.78, 5) is 0. The van der Waals surface area contributed by atoms with Gasteiger partial charge in [0.2, 0.25) is 0 Å². The molecule has 0 radical (unpaired) electrons. The van der Waals surface area contributed by atoms with Crippen molar-refractivity contribution in [3.8, 4) is 5.75 Å². The first kappa shape index (κ1) is 13.0. The second kappa shape index (κ2) is 7.29. The van der Waals surface area contributed by atoms with Crippen LogP contribution in [0.1, 0.15) is 38.7 Å². The van der Waals surface area contributed by atoms with Crippen molar-refractivity contribution in [3.05, 3.63) is 29.8 Å². The molecule has 0 fully saturated rings. The molecule has 1 aromatic carbocycles. The highest BCUT2D eigenvalue weighted by atomic mass is 16.5. The highest BCUT2D eigenvalue weighted by Crippen LogP contribution is 2.13. The zero-order valence-corrected chi connectivity index (χ0v) is 10.4. The summed E-state index contributed by atoms with van der Waals surface area (Å²) in [5.74, 6) is 0.963. The summed E-state index contributed by atoms with van der Waals surface area (Å²) in [6.45, 7) is 5.04. The SMILES string of the molecule is CCCCCOc1ccc(CC(C)N)cc1. The van der Waals surface area contributed by atoms with E-state index in [-0.39, 0.29) is 6.04 Å². The van der Waals surface area contributed by atoms with Crippen LogP contribution in [0.25, 0.3) is 0 Å². The van der Waals surface area contributed by atoms with Crippen LogP contribution in [0.4, 0.5) is 0 Å². The number of rotatable bonds is 7. The van der Waals surface area contributed by atoms with Crippen molar-refractivity contribution in [3.63, 3.8) is 0 Å². The van der Waals surface area contributed by atoms with E-state index in [9.17, 15) is 0 Å². The van der Waals surface area contributed by atoms with Gasteiger partial charge in [0.05, 0.1) is 6.61 Å².